The summed E-state index contributed by atoms with van der Waals surface area (Å²) in [6, 6.07) is 0. The van der Waals surface area contributed by atoms with Crippen LogP contribution in [0.3, 0.4) is 0 Å². The van der Waals surface area contributed by atoms with Gasteiger partial charge in [-0.05, 0) is 50.1 Å². The average Bonchev–Trinajstić information content (AvgIpc) is 2.98. The molecule has 6 nitrogen and oxygen atoms in total. The van der Waals surface area contributed by atoms with Gasteiger partial charge in [-0.15, -0.1) is 11.3 Å². The van der Waals surface area contributed by atoms with Crippen molar-refractivity contribution in [3.8, 4) is 0 Å². The monoisotopic (exact) mass is 393 g/mol. The Morgan fingerprint density at radius 1 is 1.33 bits per heavy atom. The molecule has 2 aromatic heterocycles. The first-order valence-corrected chi connectivity index (χ1v) is 10.7. The molecule has 0 fully saturated rings. The molecule has 2 aromatic rings. The molecule has 0 saturated heterocycles. The Hall–Kier alpha value is -1.28. The molecule has 27 heavy (non-hydrogen) atoms. The maximum atomic E-state index is 12.7. The van der Waals surface area contributed by atoms with E-state index in [2.05, 4.69) is 23.7 Å². The summed E-state index contributed by atoms with van der Waals surface area (Å²) in [5, 5.41) is 10.9. The van der Waals surface area contributed by atoms with Crippen molar-refractivity contribution >= 4 is 21.6 Å². The quantitative estimate of drug-likeness (QED) is 0.685. The number of methoxy groups -OCH3 is 1. The number of aliphatic hydroxyl groups excluding tert-OH is 1. The van der Waals surface area contributed by atoms with Gasteiger partial charge < -0.3 is 14.8 Å². The number of aromatic amines is 1. The van der Waals surface area contributed by atoms with Gasteiger partial charge in [0.2, 0.25) is 0 Å². The third-order valence-corrected chi connectivity index (χ3v) is 6.28. The second kappa shape index (κ2) is 9.28. The lowest BCUT2D eigenvalue weighted by molar-refractivity contribution is 0.0342. The second-order valence-electron chi connectivity index (χ2n) is 7.93. The molecule has 0 aromatic carbocycles. The number of H-pyrrole nitrogens is 1. The van der Waals surface area contributed by atoms with E-state index in [0.717, 1.165) is 42.4 Å². The number of aromatic nitrogens is 2. The summed E-state index contributed by atoms with van der Waals surface area (Å²) in [6.07, 6.45) is 4.88. The van der Waals surface area contributed by atoms with E-state index in [-0.39, 0.29) is 5.56 Å². The van der Waals surface area contributed by atoms with E-state index in [9.17, 15) is 9.90 Å². The molecular weight excluding hydrogens is 362 g/mol. The fourth-order valence-corrected chi connectivity index (χ4v) is 4.99. The van der Waals surface area contributed by atoms with Gasteiger partial charge in [-0.25, -0.2) is 4.98 Å². The zero-order valence-electron chi connectivity index (χ0n) is 16.6. The minimum Gasteiger partial charge on any atom is -0.389 e. The number of hydrogen-bond acceptors (Lipinski definition) is 6. The molecule has 1 aliphatic carbocycles. The summed E-state index contributed by atoms with van der Waals surface area (Å²) >= 11 is 1.68. The van der Waals surface area contributed by atoms with Crippen LogP contribution in [0.4, 0.5) is 0 Å². The Balaban J connectivity index is 1.82. The predicted molar refractivity (Wildman–Crippen MR) is 109 cm³/mol. The van der Waals surface area contributed by atoms with E-state index < -0.39 is 6.10 Å². The van der Waals surface area contributed by atoms with Crippen molar-refractivity contribution in [2.24, 2.45) is 5.92 Å². The van der Waals surface area contributed by atoms with Gasteiger partial charge >= 0.3 is 0 Å². The van der Waals surface area contributed by atoms with Crippen molar-refractivity contribution < 1.29 is 9.84 Å². The first kappa shape index (κ1) is 20.5. The van der Waals surface area contributed by atoms with Crippen LogP contribution in [-0.4, -0.2) is 52.9 Å². The van der Waals surface area contributed by atoms with Gasteiger partial charge in [-0.1, -0.05) is 13.8 Å². The Bertz CT molecular complexity index is 815. The molecule has 0 unspecified atom stereocenters. The molecular formula is C20H31N3O3S. The third kappa shape index (κ3) is 5.16. The van der Waals surface area contributed by atoms with E-state index in [1.54, 1.807) is 18.4 Å². The number of ether oxygens (including phenoxy) is 1. The topological polar surface area (TPSA) is 78.5 Å². The van der Waals surface area contributed by atoms with Crippen LogP contribution >= 0.6 is 11.3 Å². The number of nitrogens with zero attached hydrogens (tertiary/aromatic N) is 2. The molecule has 150 valence electrons. The lowest BCUT2D eigenvalue weighted by Crippen LogP contribution is -2.36. The number of rotatable bonds is 9. The Morgan fingerprint density at radius 3 is 2.85 bits per heavy atom. The van der Waals surface area contributed by atoms with Gasteiger partial charge in [0.05, 0.1) is 24.6 Å². The van der Waals surface area contributed by atoms with Crippen LogP contribution in [0.5, 0.6) is 0 Å². The fraction of sp³-hybridized carbons (Fsp3) is 0.700. The zero-order valence-corrected chi connectivity index (χ0v) is 17.4. The predicted octanol–water partition coefficient (Wildman–Crippen LogP) is 2.72. The van der Waals surface area contributed by atoms with Gasteiger partial charge in [0.25, 0.3) is 5.56 Å². The molecule has 1 atom stereocenters. The molecule has 2 N–H and O–H groups in total. The average molecular weight is 394 g/mol. The summed E-state index contributed by atoms with van der Waals surface area (Å²) in [4.78, 5) is 24.8. The summed E-state index contributed by atoms with van der Waals surface area (Å²) < 4.78 is 5.06. The first-order chi connectivity index (χ1) is 13.0. The van der Waals surface area contributed by atoms with Crippen LogP contribution in [0.2, 0.25) is 0 Å². The van der Waals surface area contributed by atoms with Crippen molar-refractivity contribution in [3.63, 3.8) is 0 Å². The molecule has 0 aliphatic heterocycles. The molecule has 0 saturated carbocycles. The molecule has 1 aliphatic rings. The molecule has 7 heteroatoms. The maximum Gasteiger partial charge on any atom is 0.259 e. The van der Waals surface area contributed by atoms with Gasteiger partial charge in [0.1, 0.15) is 10.7 Å². The van der Waals surface area contributed by atoms with Crippen molar-refractivity contribution in [1.82, 2.24) is 14.9 Å². The van der Waals surface area contributed by atoms with Crippen LogP contribution in [-0.2, 0) is 24.1 Å². The standard InChI is InChI=1S/C20H31N3O3S/c1-13(2)8-9-23(10-14(24)12-26-3)11-17-21-19(25)18-15-6-4-5-7-16(15)27-20(18)22-17/h13-14,24H,4-12H2,1-3H3,(H,21,22,25)/t14-/m0/s1. The first-order valence-electron chi connectivity index (χ1n) is 9.90. The van der Waals surface area contributed by atoms with Gasteiger partial charge in [0, 0.05) is 18.5 Å². The van der Waals surface area contributed by atoms with E-state index in [4.69, 9.17) is 9.72 Å². The highest BCUT2D eigenvalue weighted by Crippen LogP contribution is 2.33. The van der Waals surface area contributed by atoms with Crippen LogP contribution in [0.25, 0.3) is 10.2 Å². The van der Waals surface area contributed by atoms with E-state index >= 15 is 0 Å². The molecule has 0 radical (unpaired) electrons. The van der Waals surface area contributed by atoms with Crippen molar-refractivity contribution in [1.29, 1.82) is 0 Å². The summed E-state index contributed by atoms with van der Waals surface area (Å²) in [5.41, 5.74) is 1.20. The van der Waals surface area contributed by atoms with Gasteiger partial charge in [-0.2, -0.15) is 0 Å². The van der Waals surface area contributed by atoms with Crippen molar-refractivity contribution in [2.75, 3.05) is 26.8 Å². The fourth-order valence-electron chi connectivity index (χ4n) is 3.71. The number of fused-ring (bicyclic) bond motifs is 3. The Morgan fingerprint density at radius 2 is 2.11 bits per heavy atom. The Labute approximate surface area is 164 Å². The highest BCUT2D eigenvalue weighted by Gasteiger charge is 2.21. The van der Waals surface area contributed by atoms with Crippen molar-refractivity contribution in [2.45, 2.75) is 58.6 Å². The van der Waals surface area contributed by atoms with E-state index in [1.165, 1.54) is 16.9 Å². The highest BCUT2D eigenvalue weighted by molar-refractivity contribution is 7.18. The summed E-state index contributed by atoms with van der Waals surface area (Å²) in [5.74, 6) is 1.25. The summed E-state index contributed by atoms with van der Waals surface area (Å²) in [7, 11) is 1.59. The highest BCUT2D eigenvalue weighted by atomic mass is 32.1. The zero-order chi connectivity index (χ0) is 19.4. The largest absolute Gasteiger partial charge is 0.389 e. The van der Waals surface area contributed by atoms with Crippen LogP contribution in [0, 0.1) is 5.92 Å². The lowest BCUT2D eigenvalue weighted by atomic mass is 9.97. The minimum absolute atomic E-state index is 0.0179. The summed E-state index contributed by atoms with van der Waals surface area (Å²) in [6.45, 7) is 6.56. The molecule has 2 heterocycles. The SMILES string of the molecule is COC[C@@H](O)CN(CCC(C)C)Cc1nc2sc3c(c2c(=O)[nH]1)CCCC3. The Kier molecular flexibility index (Phi) is 7.03. The van der Waals surface area contributed by atoms with Crippen LogP contribution in [0.15, 0.2) is 4.79 Å². The number of aryl methyl sites for hydroxylation is 2. The van der Waals surface area contributed by atoms with E-state index in [1.807, 2.05) is 0 Å². The number of nitrogens with one attached hydrogen (secondary N) is 1. The van der Waals surface area contributed by atoms with Gasteiger partial charge in [0.15, 0.2) is 0 Å². The number of hydrogen-bond donors (Lipinski definition) is 2. The van der Waals surface area contributed by atoms with Gasteiger partial charge in [-0.3, -0.25) is 9.69 Å². The maximum absolute atomic E-state index is 12.7. The number of thiophene rings is 1. The normalized spacial score (nSPS) is 15.6. The third-order valence-electron chi connectivity index (χ3n) is 5.10. The second-order valence-corrected chi connectivity index (χ2v) is 9.01. The number of aliphatic hydroxyl groups is 1. The molecule has 3 rings (SSSR count). The molecule has 0 bridgehead atoms. The molecule has 0 spiro atoms. The van der Waals surface area contributed by atoms with E-state index in [0.29, 0.717) is 31.4 Å². The molecule has 0 amide bonds. The minimum atomic E-state index is -0.549. The van der Waals surface area contributed by atoms with Crippen LogP contribution < -0.4 is 5.56 Å². The lowest BCUT2D eigenvalue weighted by Gasteiger charge is -2.25. The smallest absolute Gasteiger partial charge is 0.259 e. The van der Waals surface area contributed by atoms with Crippen LogP contribution in [0.1, 0.15) is 49.4 Å². The van der Waals surface area contributed by atoms with Crippen molar-refractivity contribution in [3.05, 3.63) is 26.6 Å².